The summed E-state index contributed by atoms with van der Waals surface area (Å²) in [6, 6.07) is 21.8. The topological polar surface area (TPSA) is 70.1 Å². The number of hydrogen-bond acceptors (Lipinski definition) is 4. The average Bonchev–Trinajstić information content (AvgIpc) is 3.15. The molecule has 0 saturated heterocycles. The molecule has 0 spiro atoms. The number of aryl methyl sites for hydroxylation is 1. The van der Waals surface area contributed by atoms with Gasteiger partial charge in [0.15, 0.2) is 0 Å². The van der Waals surface area contributed by atoms with Crippen LogP contribution in [-0.2, 0) is 17.7 Å². The Morgan fingerprint density at radius 3 is 2.44 bits per heavy atom. The van der Waals surface area contributed by atoms with E-state index in [0.29, 0.717) is 12.1 Å². The van der Waals surface area contributed by atoms with Crippen LogP contribution in [0.1, 0.15) is 62.3 Å². The number of carbonyl (C=O) groups is 1. The average molecular weight is 456 g/mol. The molecule has 176 valence electrons. The molecule has 34 heavy (non-hydrogen) atoms. The Kier molecular flexibility index (Phi) is 6.73. The quantitative estimate of drug-likeness (QED) is 0.251. The number of anilines is 1. The molecular formula is C29H33N3O2. The summed E-state index contributed by atoms with van der Waals surface area (Å²) in [5, 5.41) is 0. The lowest BCUT2D eigenvalue weighted by Crippen LogP contribution is -2.24. The van der Waals surface area contributed by atoms with Crippen molar-refractivity contribution in [1.29, 1.82) is 0 Å². The van der Waals surface area contributed by atoms with Gasteiger partial charge in [0.05, 0.1) is 22.3 Å². The Morgan fingerprint density at radius 2 is 1.74 bits per heavy atom. The van der Waals surface area contributed by atoms with E-state index in [1.807, 2.05) is 63.2 Å². The maximum atomic E-state index is 12.8. The number of benzene rings is 3. The number of para-hydroxylation sites is 1. The van der Waals surface area contributed by atoms with Gasteiger partial charge in [0.25, 0.3) is 0 Å². The van der Waals surface area contributed by atoms with E-state index in [4.69, 9.17) is 15.5 Å². The van der Waals surface area contributed by atoms with Crippen LogP contribution >= 0.6 is 0 Å². The lowest BCUT2D eigenvalue weighted by Gasteiger charge is -2.20. The number of nitrogen functional groups attached to an aromatic ring is 1. The van der Waals surface area contributed by atoms with Gasteiger partial charge >= 0.3 is 5.97 Å². The number of hydrogen-bond donors (Lipinski definition) is 1. The molecule has 2 N–H and O–H groups in total. The number of unbranched alkanes of at least 4 members (excludes halogenated alkanes) is 1. The van der Waals surface area contributed by atoms with Crippen LogP contribution in [0, 0.1) is 0 Å². The van der Waals surface area contributed by atoms with E-state index in [0.717, 1.165) is 58.5 Å². The summed E-state index contributed by atoms with van der Waals surface area (Å²) in [6.07, 6.45) is 3.13. The minimum atomic E-state index is -0.543. The molecule has 0 radical (unpaired) electrons. The minimum absolute atomic E-state index is 0.312. The molecular weight excluding hydrogens is 422 g/mol. The van der Waals surface area contributed by atoms with E-state index < -0.39 is 5.60 Å². The van der Waals surface area contributed by atoms with Crippen molar-refractivity contribution in [2.24, 2.45) is 0 Å². The van der Waals surface area contributed by atoms with Crippen molar-refractivity contribution >= 4 is 22.7 Å². The maximum Gasteiger partial charge on any atom is 0.339 e. The Bertz CT molecular complexity index is 1300. The second kappa shape index (κ2) is 9.72. The number of esters is 1. The number of ether oxygens (including phenoxy) is 1. The van der Waals surface area contributed by atoms with Gasteiger partial charge in [0.1, 0.15) is 11.4 Å². The summed E-state index contributed by atoms with van der Waals surface area (Å²) in [5.74, 6) is 0.752. The molecule has 0 aliphatic rings. The van der Waals surface area contributed by atoms with E-state index in [9.17, 15) is 4.79 Å². The van der Waals surface area contributed by atoms with Gasteiger partial charge in [0, 0.05) is 13.0 Å². The van der Waals surface area contributed by atoms with Crippen LogP contribution in [0.15, 0.2) is 66.7 Å². The van der Waals surface area contributed by atoms with Crippen LogP contribution in [0.3, 0.4) is 0 Å². The number of nitrogens with zero attached hydrogens (tertiary/aromatic N) is 2. The highest BCUT2D eigenvalue weighted by Crippen LogP contribution is 2.28. The summed E-state index contributed by atoms with van der Waals surface area (Å²) in [5.41, 5.74) is 12.0. The normalized spacial score (nSPS) is 11.6. The zero-order chi connectivity index (χ0) is 24.3. The molecule has 0 fully saturated rings. The first kappa shape index (κ1) is 23.6. The van der Waals surface area contributed by atoms with Crippen LogP contribution in [0.4, 0.5) is 5.69 Å². The number of fused-ring (bicyclic) bond motifs is 1. The SMILES string of the molecule is CCCCc1nc2cccc(N)c2n1Cc1ccc(-c2ccccc2C(=O)OC(C)(C)C)cc1. The first-order chi connectivity index (χ1) is 16.3. The molecule has 0 amide bonds. The number of imidazole rings is 1. The number of aromatic nitrogens is 2. The van der Waals surface area contributed by atoms with Crippen LogP contribution < -0.4 is 5.73 Å². The van der Waals surface area contributed by atoms with Gasteiger partial charge in [-0.1, -0.05) is 61.9 Å². The smallest absolute Gasteiger partial charge is 0.339 e. The molecule has 4 rings (SSSR count). The molecule has 4 aromatic rings. The van der Waals surface area contributed by atoms with E-state index in [-0.39, 0.29) is 5.97 Å². The molecule has 0 aliphatic heterocycles. The summed E-state index contributed by atoms with van der Waals surface area (Å²) >= 11 is 0. The van der Waals surface area contributed by atoms with Gasteiger partial charge in [-0.25, -0.2) is 9.78 Å². The highest BCUT2D eigenvalue weighted by Gasteiger charge is 2.20. The lowest BCUT2D eigenvalue weighted by atomic mass is 9.98. The van der Waals surface area contributed by atoms with Crippen LogP contribution in [0.25, 0.3) is 22.2 Å². The lowest BCUT2D eigenvalue weighted by molar-refractivity contribution is 0.00704. The molecule has 5 nitrogen and oxygen atoms in total. The summed E-state index contributed by atoms with van der Waals surface area (Å²) in [4.78, 5) is 17.6. The first-order valence-electron chi connectivity index (χ1n) is 11.9. The number of nitrogens with two attached hydrogens (primary N) is 1. The fraction of sp³-hybridized carbons (Fsp3) is 0.310. The van der Waals surface area contributed by atoms with E-state index in [2.05, 4.69) is 35.8 Å². The molecule has 0 aliphatic carbocycles. The Hall–Kier alpha value is -3.60. The molecule has 1 aromatic heterocycles. The third-order valence-corrected chi connectivity index (χ3v) is 5.78. The third-order valence-electron chi connectivity index (χ3n) is 5.78. The minimum Gasteiger partial charge on any atom is -0.456 e. The van der Waals surface area contributed by atoms with Gasteiger partial charge < -0.3 is 15.0 Å². The molecule has 5 heteroatoms. The predicted octanol–water partition coefficient (Wildman–Crippen LogP) is 6.63. The van der Waals surface area contributed by atoms with Crippen molar-refractivity contribution in [1.82, 2.24) is 9.55 Å². The zero-order valence-electron chi connectivity index (χ0n) is 20.5. The number of carbonyl (C=O) groups excluding carboxylic acids is 1. The third kappa shape index (κ3) is 5.14. The van der Waals surface area contributed by atoms with Crippen molar-refractivity contribution in [3.05, 3.63) is 83.7 Å². The van der Waals surface area contributed by atoms with Gasteiger partial charge in [-0.15, -0.1) is 0 Å². The van der Waals surface area contributed by atoms with E-state index in [1.165, 1.54) is 0 Å². The second-order valence-corrected chi connectivity index (χ2v) is 9.68. The van der Waals surface area contributed by atoms with E-state index >= 15 is 0 Å². The molecule has 0 bridgehead atoms. The number of rotatable bonds is 7. The maximum absolute atomic E-state index is 12.8. The standard InChI is InChI=1S/C29H33N3O2/c1-5-6-14-26-31-25-13-9-12-24(30)27(25)32(26)19-20-15-17-21(18-16-20)22-10-7-8-11-23(22)28(33)34-29(2,3)4/h7-13,15-18H,5-6,14,19,30H2,1-4H3. The zero-order valence-corrected chi connectivity index (χ0v) is 20.5. The highest BCUT2D eigenvalue weighted by atomic mass is 16.6. The Morgan fingerprint density at radius 1 is 1.00 bits per heavy atom. The van der Waals surface area contributed by atoms with Crippen molar-refractivity contribution in [2.45, 2.75) is 59.1 Å². The fourth-order valence-electron chi connectivity index (χ4n) is 4.18. The molecule has 3 aromatic carbocycles. The summed E-state index contributed by atoms with van der Waals surface area (Å²) in [6.45, 7) is 8.52. The fourth-order valence-corrected chi connectivity index (χ4v) is 4.18. The predicted molar refractivity (Wildman–Crippen MR) is 139 cm³/mol. The highest BCUT2D eigenvalue weighted by molar-refractivity contribution is 5.97. The van der Waals surface area contributed by atoms with Gasteiger partial charge in [-0.2, -0.15) is 0 Å². The van der Waals surface area contributed by atoms with Gasteiger partial charge in [0.2, 0.25) is 0 Å². The molecule has 0 saturated carbocycles. The summed E-state index contributed by atoms with van der Waals surface area (Å²) in [7, 11) is 0. The van der Waals surface area contributed by atoms with Crippen molar-refractivity contribution < 1.29 is 9.53 Å². The van der Waals surface area contributed by atoms with Gasteiger partial charge in [-0.3, -0.25) is 0 Å². The van der Waals surface area contributed by atoms with E-state index in [1.54, 1.807) is 0 Å². The Balaban J connectivity index is 1.65. The van der Waals surface area contributed by atoms with Crippen LogP contribution in [0.2, 0.25) is 0 Å². The monoisotopic (exact) mass is 455 g/mol. The van der Waals surface area contributed by atoms with Crippen LogP contribution in [-0.4, -0.2) is 21.1 Å². The largest absolute Gasteiger partial charge is 0.456 e. The van der Waals surface area contributed by atoms with Crippen molar-refractivity contribution in [3.8, 4) is 11.1 Å². The second-order valence-electron chi connectivity index (χ2n) is 9.68. The Labute approximate surface area is 201 Å². The first-order valence-corrected chi connectivity index (χ1v) is 11.9. The molecule has 0 atom stereocenters. The van der Waals surface area contributed by atoms with Crippen molar-refractivity contribution in [2.75, 3.05) is 5.73 Å². The van der Waals surface area contributed by atoms with Gasteiger partial charge in [-0.05, 0) is 62.1 Å². The molecule has 1 heterocycles. The molecule has 0 unspecified atom stereocenters. The summed E-state index contributed by atoms with van der Waals surface area (Å²) < 4.78 is 7.86. The van der Waals surface area contributed by atoms with Crippen molar-refractivity contribution in [3.63, 3.8) is 0 Å². The van der Waals surface area contributed by atoms with Crippen LogP contribution in [0.5, 0.6) is 0 Å².